The van der Waals surface area contributed by atoms with Crippen LogP contribution >= 0.6 is 0 Å². The summed E-state index contributed by atoms with van der Waals surface area (Å²) in [5, 5.41) is 9.21. The summed E-state index contributed by atoms with van der Waals surface area (Å²) in [5.41, 5.74) is 2.31. The number of para-hydroxylation sites is 1. The van der Waals surface area contributed by atoms with Crippen LogP contribution < -0.4 is 9.64 Å². The molecule has 17 heavy (non-hydrogen) atoms. The van der Waals surface area contributed by atoms with Gasteiger partial charge in [-0.1, -0.05) is 12.1 Å². The topological polar surface area (TPSA) is 49.8 Å². The molecule has 1 fully saturated rings. The van der Waals surface area contributed by atoms with Gasteiger partial charge in [-0.2, -0.15) is 0 Å². The van der Waals surface area contributed by atoms with E-state index >= 15 is 0 Å². The Balaban J connectivity index is 2.01. The molecule has 0 aromatic heterocycles. The average molecular weight is 233 g/mol. The number of rotatable bonds is 2. The summed E-state index contributed by atoms with van der Waals surface area (Å²) in [4.78, 5) is 13.4. The van der Waals surface area contributed by atoms with Gasteiger partial charge in [0.05, 0.1) is 18.7 Å². The first-order valence-electron chi connectivity index (χ1n) is 5.87. The molecule has 1 aromatic carbocycles. The Bertz CT molecular complexity index is 472. The summed E-state index contributed by atoms with van der Waals surface area (Å²) in [5.74, 6) is -0.0626. The third-order valence-corrected chi connectivity index (χ3v) is 3.88. The first kappa shape index (κ1) is 10.4. The van der Waals surface area contributed by atoms with Crippen molar-refractivity contribution in [3.8, 4) is 5.75 Å². The largest absolute Gasteiger partial charge is 0.495 e. The van der Waals surface area contributed by atoms with Gasteiger partial charge in [-0.15, -0.1) is 0 Å². The Morgan fingerprint density at radius 1 is 1.53 bits per heavy atom. The summed E-state index contributed by atoms with van der Waals surface area (Å²) in [7, 11) is 1.66. The molecule has 4 nitrogen and oxygen atoms in total. The number of hydrogen-bond donors (Lipinski definition) is 1. The highest BCUT2D eigenvalue weighted by atomic mass is 16.5. The van der Waals surface area contributed by atoms with E-state index in [2.05, 4.69) is 11.0 Å². The lowest BCUT2D eigenvalue weighted by atomic mass is 9.97. The normalized spacial score (nSPS) is 25.6. The number of hydrogen-bond acceptors (Lipinski definition) is 3. The molecule has 2 aliphatic heterocycles. The molecule has 0 amide bonds. The van der Waals surface area contributed by atoms with E-state index in [1.807, 2.05) is 12.1 Å². The molecular weight excluding hydrogens is 218 g/mol. The van der Waals surface area contributed by atoms with Crippen molar-refractivity contribution >= 4 is 11.7 Å². The maximum Gasteiger partial charge on any atom is 0.308 e. The first-order chi connectivity index (χ1) is 8.22. The molecule has 0 aliphatic carbocycles. The second-order valence-corrected chi connectivity index (χ2v) is 4.67. The van der Waals surface area contributed by atoms with Gasteiger partial charge in [-0.25, -0.2) is 0 Å². The summed E-state index contributed by atoms with van der Waals surface area (Å²) >= 11 is 0. The number of aliphatic carboxylic acids is 1. The van der Waals surface area contributed by atoms with Crippen LogP contribution in [0.25, 0.3) is 0 Å². The zero-order valence-electron chi connectivity index (χ0n) is 9.72. The molecule has 1 saturated heterocycles. The van der Waals surface area contributed by atoms with Crippen molar-refractivity contribution in [2.24, 2.45) is 5.92 Å². The Morgan fingerprint density at radius 3 is 3.06 bits per heavy atom. The molecule has 0 bridgehead atoms. The summed E-state index contributed by atoms with van der Waals surface area (Å²) in [6, 6.07) is 6.08. The van der Waals surface area contributed by atoms with Crippen LogP contribution in [0.4, 0.5) is 5.69 Å². The van der Waals surface area contributed by atoms with Crippen LogP contribution in [0.1, 0.15) is 12.0 Å². The smallest absolute Gasteiger partial charge is 0.308 e. The first-order valence-corrected chi connectivity index (χ1v) is 5.87. The van der Waals surface area contributed by atoms with Crippen molar-refractivity contribution < 1.29 is 14.6 Å². The zero-order valence-corrected chi connectivity index (χ0v) is 9.72. The zero-order chi connectivity index (χ0) is 12.0. The molecule has 2 aliphatic rings. The van der Waals surface area contributed by atoms with Crippen LogP contribution in [-0.4, -0.2) is 30.8 Å². The molecule has 3 rings (SSSR count). The van der Waals surface area contributed by atoms with Crippen LogP contribution in [0.2, 0.25) is 0 Å². The molecule has 90 valence electrons. The minimum Gasteiger partial charge on any atom is -0.495 e. The lowest BCUT2D eigenvalue weighted by molar-refractivity contribution is -0.141. The fraction of sp³-hybridized carbons (Fsp3) is 0.462. The number of carboxylic acids is 1. The number of fused-ring (bicyclic) bond motifs is 3. The number of carboxylic acid groups (broad SMARTS) is 1. The fourth-order valence-electron chi connectivity index (χ4n) is 3.12. The molecule has 0 saturated carbocycles. The summed E-state index contributed by atoms with van der Waals surface area (Å²) < 4.78 is 5.37. The van der Waals surface area contributed by atoms with E-state index in [0.29, 0.717) is 0 Å². The number of benzene rings is 1. The number of anilines is 1. The van der Waals surface area contributed by atoms with Gasteiger partial charge in [0.15, 0.2) is 0 Å². The van der Waals surface area contributed by atoms with Crippen molar-refractivity contribution in [1.82, 2.24) is 0 Å². The van der Waals surface area contributed by atoms with Crippen molar-refractivity contribution in [3.05, 3.63) is 23.8 Å². The fourth-order valence-corrected chi connectivity index (χ4v) is 3.12. The van der Waals surface area contributed by atoms with E-state index in [0.717, 1.165) is 30.8 Å². The van der Waals surface area contributed by atoms with Crippen LogP contribution in [0.3, 0.4) is 0 Å². The van der Waals surface area contributed by atoms with E-state index in [1.54, 1.807) is 7.11 Å². The minimum absolute atomic E-state index is 0.110. The molecule has 1 N–H and O–H groups in total. The van der Waals surface area contributed by atoms with Crippen molar-refractivity contribution in [2.75, 3.05) is 18.6 Å². The van der Waals surface area contributed by atoms with Gasteiger partial charge in [0.2, 0.25) is 0 Å². The standard InChI is InChI=1S/C13H15NO3/c1-17-11-4-2-3-8-7-10-9(13(15)16)5-6-14(10)12(8)11/h2-4,9-10H,5-7H2,1H3,(H,15,16). The molecule has 1 aromatic rings. The van der Waals surface area contributed by atoms with Gasteiger partial charge in [0, 0.05) is 12.6 Å². The number of nitrogens with zero attached hydrogens (tertiary/aromatic N) is 1. The number of ether oxygens (including phenoxy) is 1. The molecule has 2 heterocycles. The summed E-state index contributed by atoms with van der Waals surface area (Å²) in [6.45, 7) is 0.814. The Hall–Kier alpha value is -1.71. The van der Waals surface area contributed by atoms with E-state index in [4.69, 9.17) is 4.74 Å². The van der Waals surface area contributed by atoms with Gasteiger partial charge in [-0.3, -0.25) is 4.79 Å². The monoisotopic (exact) mass is 233 g/mol. The van der Waals surface area contributed by atoms with Gasteiger partial charge in [0.25, 0.3) is 0 Å². The van der Waals surface area contributed by atoms with Gasteiger partial charge in [-0.05, 0) is 24.5 Å². The third-order valence-electron chi connectivity index (χ3n) is 3.88. The molecule has 0 radical (unpaired) electrons. The molecule has 2 unspecified atom stereocenters. The predicted molar refractivity (Wildman–Crippen MR) is 63.6 cm³/mol. The van der Waals surface area contributed by atoms with Gasteiger partial charge in [0.1, 0.15) is 5.75 Å². The van der Waals surface area contributed by atoms with Crippen LogP contribution in [-0.2, 0) is 11.2 Å². The molecule has 4 heteroatoms. The predicted octanol–water partition coefficient (Wildman–Crippen LogP) is 1.53. The van der Waals surface area contributed by atoms with Gasteiger partial charge >= 0.3 is 5.97 Å². The van der Waals surface area contributed by atoms with E-state index < -0.39 is 5.97 Å². The second kappa shape index (κ2) is 3.65. The highest BCUT2D eigenvalue weighted by Gasteiger charge is 2.44. The maximum absolute atomic E-state index is 11.2. The number of carbonyl (C=O) groups is 1. The maximum atomic E-state index is 11.2. The minimum atomic E-state index is -0.677. The average Bonchev–Trinajstić information content (AvgIpc) is 2.85. The highest BCUT2D eigenvalue weighted by molar-refractivity contribution is 5.77. The van der Waals surface area contributed by atoms with Gasteiger partial charge < -0.3 is 14.7 Å². The highest BCUT2D eigenvalue weighted by Crippen LogP contribution is 2.45. The van der Waals surface area contributed by atoms with Crippen molar-refractivity contribution in [1.29, 1.82) is 0 Å². The summed E-state index contributed by atoms with van der Waals surface area (Å²) in [6.07, 6.45) is 1.56. The Kier molecular flexibility index (Phi) is 2.24. The van der Waals surface area contributed by atoms with Crippen LogP contribution in [0, 0.1) is 5.92 Å². The second-order valence-electron chi connectivity index (χ2n) is 4.67. The van der Waals surface area contributed by atoms with Crippen LogP contribution in [0.15, 0.2) is 18.2 Å². The Labute approximate surface area is 99.8 Å². The quantitative estimate of drug-likeness (QED) is 0.841. The third kappa shape index (κ3) is 1.40. The molecule has 0 spiro atoms. The SMILES string of the molecule is COc1cccc2c1N1CCC(C(=O)O)C1C2. The van der Waals surface area contributed by atoms with Crippen LogP contribution in [0.5, 0.6) is 5.75 Å². The molecule has 2 atom stereocenters. The Morgan fingerprint density at radius 2 is 2.35 bits per heavy atom. The van der Waals surface area contributed by atoms with E-state index in [1.165, 1.54) is 5.56 Å². The van der Waals surface area contributed by atoms with E-state index in [-0.39, 0.29) is 12.0 Å². The lowest BCUT2D eigenvalue weighted by Gasteiger charge is -2.22. The lowest BCUT2D eigenvalue weighted by Crippen LogP contribution is -2.32. The van der Waals surface area contributed by atoms with Crippen molar-refractivity contribution in [3.63, 3.8) is 0 Å². The van der Waals surface area contributed by atoms with E-state index in [9.17, 15) is 9.90 Å². The van der Waals surface area contributed by atoms with Crippen molar-refractivity contribution in [2.45, 2.75) is 18.9 Å². The number of methoxy groups -OCH3 is 1. The molecular formula is C13H15NO3.